The average molecular weight is 480 g/mol. The normalized spacial score (nSPS) is 22.0. The molecular weight excluding hydrogens is 446 g/mol. The fourth-order valence-electron chi connectivity index (χ4n) is 4.82. The number of fused-ring (bicyclic) bond motifs is 3. The van der Waals surface area contributed by atoms with Crippen LogP contribution in [0.3, 0.4) is 0 Å². The topological polar surface area (TPSA) is 78.5 Å². The molecule has 1 saturated heterocycles. The van der Waals surface area contributed by atoms with Crippen LogP contribution in [0.2, 0.25) is 0 Å². The summed E-state index contributed by atoms with van der Waals surface area (Å²) in [5.41, 5.74) is 2.76. The van der Waals surface area contributed by atoms with Gasteiger partial charge in [-0.3, -0.25) is 14.4 Å². The molecule has 0 spiro atoms. The summed E-state index contributed by atoms with van der Waals surface area (Å²) in [5, 5.41) is 5.82. The summed E-state index contributed by atoms with van der Waals surface area (Å²) in [4.78, 5) is 41.7. The van der Waals surface area contributed by atoms with Crippen molar-refractivity contribution >= 4 is 29.5 Å². The van der Waals surface area contributed by atoms with Gasteiger partial charge >= 0.3 is 0 Å². The third-order valence-corrected chi connectivity index (χ3v) is 8.43. The Kier molecular flexibility index (Phi) is 7.03. The van der Waals surface area contributed by atoms with Crippen molar-refractivity contribution in [3.8, 4) is 0 Å². The van der Waals surface area contributed by atoms with Gasteiger partial charge in [-0.25, -0.2) is 0 Å². The Balaban J connectivity index is 1.48. The van der Waals surface area contributed by atoms with E-state index >= 15 is 0 Å². The molecule has 34 heavy (non-hydrogen) atoms. The van der Waals surface area contributed by atoms with E-state index in [4.69, 9.17) is 0 Å². The Labute approximate surface area is 205 Å². The molecule has 1 fully saturated rings. The standard InChI is InChI=1S/C27H33N3O3S/c1-5-17(2)21(23(31)28-16-15-18-11-7-6-8-12-18)29-24(32)22-27(3,4)34-26-20-14-10-9-13-19(20)25(33)30(22)26/h6-14,17,21-22,26H,5,15-16H2,1-4H3,(H,28,31)(H,29,32)/t17-,21-,22-,26-/m0/s1. The molecule has 0 aliphatic carbocycles. The maximum absolute atomic E-state index is 13.6. The number of hydrogen-bond acceptors (Lipinski definition) is 4. The van der Waals surface area contributed by atoms with Gasteiger partial charge in [0.25, 0.3) is 5.91 Å². The monoisotopic (exact) mass is 479 g/mol. The van der Waals surface area contributed by atoms with E-state index in [0.717, 1.165) is 24.0 Å². The van der Waals surface area contributed by atoms with Crippen molar-refractivity contribution < 1.29 is 14.4 Å². The van der Waals surface area contributed by atoms with Gasteiger partial charge < -0.3 is 15.5 Å². The molecule has 180 valence electrons. The van der Waals surface area contributed by atoms with Crippen LogP contribution in [0.5, 0.6) is 0 Å². The van der Waals surface area contributed by atoms with Gasteiger partial charge in [-0.1, -0.05) is 68.8 Å². The summed E-state index contributed by atoms with van der Waals surface area (Å²) in [6.07, 6.45) is 1.47. The van der Waals surface area contributed by atoms with Crippen LogP contribution < -0.4 is 10.6 Å². The quantitative estimate of drug-likeness (QED) is 0.602. The summed E-state index contributed by atoms with van der Waals surface area (Å²) in [7, 11) is 0. The highest BCUT2D eigenvalue weighted by Crippen LogP contribution is 2.56. The SMILES string of the molecule is CC[C@H](C)[C@H](NC(=O)[C@@H]1N2C(=O)c3ccccc3[C@@H]2SC1(C)C)C(=O)NCCc1ccccc1. The Bertz CT molecular complexity index is 1070. The Morgan fingerprint density at radius 2 is 1.76 bits per heavy atom. The highest BCUT2D eigenvalue weighted by molar-refractivity contribution is 8.01. The van der Waals surface area contributed by atoms with E-state index in [9.17, 15) is 14.4 Å². The molecule has 2 aliphatic heterocycles. The van der Waals surface area contributed by atoms with Gasteiger partial charge in [0.1, 0.15) is 17.5 Å². The van der Waals surface area contributed by atoms with E-state index in [-0.39, 0.29) is 29.0 Å². The maximum Gasteiger partial charge on any atom is 0.256 e. The van der Waals surface area contributed by atoms with Crippen LogP contribution in [0.4, 0.5) is 0 Å². The number of thioether (sulfide) groups is 1. The fourth-order valence-corrected chi connectivity index (χ4v) is 6.41. The molecule has 0 aromatic heterocycles. The van der Waals surface area contributed by atoms with Crippen LogP contribution in [0, 0.1) is 5.92 Å². The first kappa shape index (κ1) is 24.3. The Hall–Kier alpha value is -2.80. The second kappa shape index (κ2) is 9.82. The van der Waals surface area contributed by atoms with E-state index < -0.39 is 16.8 Å². The number of nitrogens with zero attached hydrogens (tertiary/aromatic N) is 1. The van der Waals surface area contributed by atoms with Crippen LogP contribution in [-0.4, -0.2) is 46.0 Å². The van der Waals surface area contributed by atoms with E-state index in [1.807, 2.05) is 82.3 Å². The third-order valence-electron chi connectivity index (χ3n) is 6.89. The molecule has 2 aromatic rings. The number of carbonyl (C=O) groups is 3. The van der Waals surface area contributed by atoms with Gasteiger partial charge in [0, 0.05) is 16.9 Å². The first-order chi connectivity index (χ1) is 16.2. The van der Waals surface area contributed by atoms with E-state index in [0.29, 0.717) is 12.1 Å². The molecule has 2 heterocycles. The lowest BCUT2D eigenvalue weighted by Gasteiger charge is -2.32. The predicted octanol–water partition coefficient (Wildman–Crippen LogP) is 3.92. The molecule has 0 saturated carbocycles. The summed E-state index contributed by atoms with van der Waals surface area (Å²) in [6.45, 7) is 8.46. The number of benzene rings is 2. The molecule has 2 aliphatic rings. The van der Waals surface area contributed by atoms with Gasteiger partial charge in [0.05, 0.1) is 0 Å². The second-order valence-electron chi connectivity index (χ2n) is 9.67. The van der Waals surface area contributed by atoms with E-state index in [1.165, 1.54) is 0 Å². The molecule has 3 amide bonds. The van der Waals surface area contributed by atoms with Gasteiger partial charge in [-0.15, -0.1) is 11.8 Å². The minimum absolute atomic E-state index is 0.0416. The van der Waals surface area contributed by atoms with Gasteiger partial charge in [0.2, 0.25) is 11.8 Å². The number of carbonyl (C=O) groups excluding carboxylic acids is 3. The van der Waals surface area contributed by atoms with Crippen LogP contribution in [0.1, 0.15) is 61.0 Å². The number of amides is 3. The number of hydrogen-bond donors (Lipinski definition) is 2. The highest BCUT2D eigenvalue weighted by Gasteiger charge is 2.57. The molecule has 4 atom stereocenters. The first-order valence-electron chi connectivity index (χ1n) is 12.0. The summed E-state index contributed by atoms with van der Waals surface area (Å²) in [6, 6.07) is 16.2. The lowest BCUT2D eigenvalue weighted by Crippen LogP contribution is -2.58. The zero-order chi connectivity index (χ0) is 24.5. The van der Waals surface area contributed by atoms with Gasteiger partial charge in [-0.2, -0.15) is 0 Å². The zero-order valence-electron chi connectivity index (χ0n) is 20.2. The van der Waals surface area contributed by atoms with Crippen molar-refractivity contribution in [2.45, 2.75) is 62.7 Å². The molecule has 0 unspecified atom stereocenters. The molecule has 0 radical (unpaired) electrons. The van der Waals surface area contributed by atoms with Crippen molar-refractivity contribution in [1.82, 2.24) is 15.5 Å². The third kappa shape index (κ3) is 4.58. The maximum atomic E-state index is 13.6. The molecule has 0 bridgehead atoms. The number of rotatable bonds is 8. The lowest BCUT2D eigenvalue weighted by atomic mass is 9.95. The smallest absolute Gasteiger partial charge is 0.256 e. The summed E-state index contributed by atoms with van der Waals surface area (Å²) in [5.74, 6) is -0.620. The Morgan fingerprint density at radius 1 is 1.09 bits per heavy atom. The molecule has 2 N–H and O–H groups in total. The van der Waals surface area contributed by atoms with Crippen molar-refractivity contribution in [3.05, 3.63) is 71.3 Å². The van der Waals surface area contributed by atoms with Crippen molar-refractivity contribution in [2.24, 2.45) is 5.92 Å². The van der Waals surface area contributed by atoms with E-state index in [2.05, 4.69) is 10.6 Å². The summed E-state index contributed by atoms with van der Waals surface area (Å²) >= 11 is 1.63. The van der Waals surface area contributed by atoms with E-state index in [1.54, 1.807) is 16.7 Å². The molecule has 6 nitrogen and oxygen atoms in total. The fraction of sp³-hybridized carbons (Fsp3) is 0.444. The minimum Gasteiger partial charge on any atom is -0.354 e. The van der Waals surface area contributed by atoms with Crippen LogP contribution in [0.25, 0.3) is 0 Å². The molecule has 2 aromatic carbocycles. The summed E-state index contributed by atoms with van der Waals surface area (Å²) < 4.78 is -0.484. The molecular formula is C27H33N3O3S. The first-order valence-corrected chi connectivity index (χ1v) is 12.8. The van der Waals surface area contributed by atoms with Crippen molar-refractivity contribution in [1.29, 1.82) is 0 Å². The minimum atomic E-state index is -0.661. The van der Waals surface area contributed by atoms with Crippen LogP contribution in [0.15, 0.2) is 54.6 Å². The predicted molar refractivity (Wildman–Crippen MR) is 135 cm³/mol. The second-order valence-corrected chi connectivity index (χ2v) is 11.4. The molecule has 7 heteroatoms. The van der Waals surface area contributed by atoms with Gasteiger partial charge in [0.15, 0.2) is 0 Å². The number of nitrogens with one attached hydrogen (secondary N) is 2. The molecule has 4 rings (SSSR count). The largest absolute Gasteiger partial charge is 0.354 e. The van der Waals surface area contributed by atoms with Crippen molar-refractivity contribution in [2.75, 3.05) is 6.54 Å². The zero-order valence-corrected chi connectivity index (χ0v) is 21.0. The highest BCUT2D eigenvalue weighted by atomic mass is 32.2. The van der Waals surface area contributed by atoms with Crippen LogP contribution in [-0.2, 0) is 16.0 Å². The Morgan fingerprint density at radius 3 is 2.47 bits per heavy atom. The average Bonchev–Trinajstić information content (AvgIpc) is 3.26. The lowest BCUT2D eigenvalue weighted by molar-refractivity contribution is -0.132. The van der Waals surface area contributed by atoms with Gasteiger partial charge in [-0.05, 0) is 43.4 Å². The van der Waals surface area contributed by atoms with Crippen LogP contribution >= 0.6 is 11.8 Å². The van der Waals surface area contributed by atoms with Crippen molar-refractivity contribution in [3.63, 3.8) is 0 Å².